The molecule has 3 saturated carbocycles. The molecule has 26 heteroatoms. The molecule has 0 radical (unpaired) electrons. The molecule has 3 amide bonds. The monoisotopic (exact) mass is 1890 g/mol. The number of furan rings is 3. The van der Waals surface area contributed by atoms with Crippen molar-refractivity contribution in [2.24, 2.45) is 0 Å². The van der Waals surface area contributed by atoms with Gasteiger partial charge in [-0.25, -0.2) is 0 Å². The normalized spacial score (nSPS) is 13.6. The van der Waals surface area contributed by atoms with E-state index < -0.39 is 46.0 Å². The lowest BCUT2D eigenvalue weighted by atomic mass is 9.82. The number of aliphatic hydroxyl groups is 1. The first-order chi connectivity index (χ1) is 64.9. The van der Waals surface area contributed by atoms with Crippen LogP contribution in [0.3, 0.4) is 0 Å². The third-order valence-electron chi connectivity index (χ3n) is 26.7. The van der Waals surface area contributed by atoms with Gasteiger partial charge in [-0.15, -0.1) is 0 Å². The lowest BCUT2D eigenvalue weighted by Gasteiger charge is -2.25. The maximum atomic E-state index is 14.5. The molecule has 18 rings (SSSR count). The summed E-state index contributed by atoms with van der Waals surface area (Å²) in [6.45, 7) is 22.6. The SMILES string of the molecule is C=C(O)C(C)(C)c1cccc(-c2ccc(CN(Cc3ccc(C(F)(F)F)o3)C(=O)c3cc(C4CC4)nc4cccnc34)c(Cl)c2)c1.Cc1nc2cccnc2c(C(=O)N(Cc2ccc(C3CCC3)o2)Cc2ccc(-c3cccc(C(C)(C)C(=O)O)c3)cc2Cl)c1C.Cc1nc2cccnc2c(C(=O)N(Cc2ccc(C3CCC3)o2)Cc2ccc(-c3cccc(C(C)(C)C(=O)O)c3)cc2Cl)c1C. The summed E-state index contributed by atoms with van der Waals surface area (Å²) in [6.07, 6.45) is 9.15. The number of carboxylic acid groups (broad SMARTS) is 2. The summed E-state index contributed by atoms with van der Waals surface area (Å²) in [5.74, 6) is 0.855. The molecule has 3 fully saturated rings. The number of aromatic nitrogens is 6. The van der Waals surface area contributed by atoms with Crippen molar-refractivity contribution < 1.29 is 65.7 Å². The van der Waals surface area contributed by atoms with Gasteiger partial charge in [0.2, 0.25) is 5.76 Å². The number of pyridine rings is 6. The number of rotatable bonds is 27. The number of allylic oxidation sites excluding steroid dienone is 1. The third kappa shape index (κ3) is 20.6. The highest BCUT2D eigenvalue weighted by Gasteiger charge is 2.38. The molecule has 20 nitrogen and oxygen atoms in total. The highest BCUT2D eigenvalue weighted by Crippen LogP contribution is 2.45. The average Bonchev–Trinajstić information content (AvgIpc) is 1.27. The summed E-state index contributed by atoms with van der Waals surface area (Å²) >= 11 is 20.6. The van der Waals surface area contributed by atoms with Crippen LogP contribution in [-0.4, -0.2) is 89.6 Å². The zero-order valence-corrected chi connectivity index (χ0v) is 79.4. The topological polar surface area (TPSA) is 273 Å². The Bertz CT molecular complexity index is 6870. The number of amides is 3. The Morgan fingerprint density at radius 3 is 1.11 bits per heavy atom. The van der Waals surface area contributed by atoms with Gasteiger partial charge in [-0.05, 0) is 283 Å². The van der Waals surface area contributed by atoms with Crippen molar-refractivity contribution in [3.8, 4) is 33.4 Å². The summed E-state index contributed by atoms with van der Waals surface area (Å²) in [5.41, 5.74) is 15.6. The third-order valence-corrected chi connectivity index (χ3v) is 27.8. The van der Waals surface area contributed by atoms with Gasteiger partial charge in [0.1, 0.15) is 45.4 Å². The van der Waals surface area contributed by atoms with Crippen LogP contribution in [0.1, 0.15) is 238 Å². The van der Waals surface area contributed by atoms with Gasteiger partial charge in [0.25, 0.3) is 17.7 Å². The smallest absolute Gasteiger partial charge is 0.449 e. The van der Waals surface area contributed by atoms with Crippen LogP contribution in [0.25, 0.3) is 66.5 Å². The van der Waals surface area contributed by atoms with E-state index in [-0.39, 0.29) is 68.5 Å². The van der Waals surface area contributed by atoms with E-state index in [0.717, 1.165) is 146 Å². The van der Waals surface area contributed by atoms with Crippen molar-refractivity contribution in [1.29, 1.82) is 0 Å². The minimum Gasteiger partial charge on any atom is -0.512 e. The Kier molecular flexibility index (Phi) is 27.7. The number of benzene rings is 6. The van der Waals surface area contributed by atoms with E-state index in [4.69, 9.17) is 53.0 Å². The van der Waals surface area contributed by atoms with Gasteiger partial charge in [0, 0.05) is 93.5 Å². The second-order valence-electron chi connectivity index (χ2n) is 37.1. The maximum absolute atomic E-state index is 14.5. The molecule has 3 aliphatic rings. The first-order valence-electron chi connectivity index (χ1n) is 45.3. The molecular weight excluding hydrogens is 1790 g/mol. The van der Waals surface area contributed by atoms with E-state index in [9.17, 15) is 52.5 Å². The molecule has 0 spiro atoms. The Morgan fingerprint density at radius 2 is 0.757 bits per heavy atom. The summed E-state index contributed by atoms with van der Waals surface area (Å²) in [6, 6.07) is 62.4. The van der Waals surface area contributed by atoms with Gasteiger partial charge in [-0.2, -0.15) is 13.2 Å². The fourth-order valence-corrected chi connectivity index (χ4v) is 17.6. The highest BCUT2D eigenvalue weighted by atomic mass is 35.5. The number of carbonyl (C=O) groups excluding carboxylic acids is 3. The van der Waals surface area contributed by atoms with Crippen molar-refractivity contribution in [2.75, 3.05) is 0 Å². The van der Waals surface area contributed by atoms with E-state index >= 15 is 0 Å². The van der Waals surface area contributed by atoms with Crippen molar-refractivity contribution in [3.63, 3.8) is 0 Å². The number of nitrogens with zero attached hydrogens (tertiary/aromatic N) is 9. The van der Waals surface area contributed by atoms with Crippen LogP contribution < -0.4 is 0 Å². The largest absolute Gasteiger partial charge is 0.512 e. The fraction of sp³-hybridized carbons (Fsp3) is 0.282. The van der Waals surface area contributed by atoms with E-state index in [2.05, 4.69) is 31.5 Å². The number of fused-ring (bicyclic) bond motifs is 3. The van der Waals surface area contributed by atoms with Gasteiger partial charge >= 0.3 is 18.1 Å². The number of hydrogen-bond donors (Lipinski definition) is 3. The van der Waals surface area contributed by atoms with E-state index in [1.807, 2.05) is 205 Å². The van der Waals surface area contributed by atoms with Gasteiger partial charge < -0.3 is 43.3 Å². The molecule has 0 saturated heterocycles. The van der Waals surface area contributed by atoms with Crippen LogP contribution in [-0.2, 0) is 71.3 Å². The van der Waals surface area contributed by atoms with Gasteiger partial charge in [-0.3, -0.25) is 53.9 Å². The summed E-state index contributed by atoms with van der Waals surface area (Å²) in [4.78, 5) is 99.4. The predicted molar refractivity (Wildman–Crippen MR) is 521 cm³/mol. The van der Waals surface area contributed by atoms with E-state index in [0.29, 0.717) is 93.4 Å². The second kappa shape index (κ2) is 39.4. The standard InChI is InChI=1S/2C37H36ClN3O4.C36H31ClF3N3O3/c2*1-22-23(2)40-31-12-7-17-39-34(31)33(22)35(42)41(21-29-15-16-32(45-29)24-8-5-9-24)20-27-14-13-26(19-30(27)38)25-10-6-11-28(18-25)37(3,4)36(43)44;1-21(44)35(2,3)26-7-4-6-23(16-26)24-11-12-25(29(37)17-24)19-43(20-27-13-14-32(46-27)36(38,39)40)34(45)28-18-31(22-9-10-22)42-30-8-5-15-41-33(28)30/h2*6-7,10-19,24H,5,8-9,20-21H2,1-4H3,(H,43,44);4-8,11-18,22,44H,1,9-10,19-20H2,2-3H3. The van der Waals surface area contributed by atoms with Crippen LogP contribution in [0, 0.1) is 27.7 Å². The van der Waals surface area contributed by atoms with E-state index in [1.165, 1.54) is 23.8 Å². The molecule has 0 aliphatic heterocycles. The number of aliphatic carboxylic acids is 2. The van der Waals surface area contributed by atoms with Gasteiger partial charge in [0.15, 0.2) is 0 Å². The molecule has 9 aromatic heterocycles. The first kappa shape index (κ1) is 95.5. The van der Waals surface area contributed by atoms with Crippen LogP contribution in [0.5, 0.6) is 0 Å². The molecule has 696 valence electrons. The Balaban J connectivity index is 0.000000148. The number of halogens is 6. The molecule has 0 bridgehead atoms. The lowest BCUT2D eigenvalue weighted by molar-refractivity contribution is -0.153. The van der Waals surface area contributed by atoms with Gasteiger partial charge in [0.05, 0.1) is 69.5 Å². The fourth-order valence-electron chi connectivity index (χ4n) is 16.9. The van der Waals surface area contributed by atoms with Crippen molar-refractivity contribution >= 4 is 97.6 Å². The Morgan fingerprint density at radius 1 is 0.397 bits per heavy atom. The van der Waals surface area contributed by atoms with Gasteiger partial charge in [-0.1, -0.05) is 163 Å². The molecular formula is C110H103Cl3F3N9O11. The van der Waals surface area contributed by atoms with Crippen LogP contribution >= 0.6 is 34.8 Å². The van der Waals surface area contributed by atoms with Crippen LogP contribution in [0.15, 0.2) is 250 Å². The number of aliphatic hydroxyl groups excluding tert-OH is 1. The lowest BCUT2D eigenvalue weighted by Crippen LogP contribution is -2.31. The highest BCUT2D eigenvalue weighted by molar-refractivity contribution is 6.32. The quantitative estimate of drug-likeness (QED) is 0.0404. The Hall–Kier alpha value is -13.6. The molecule has 136 heavy (non-hydrogen) atoms. The van der Waals surface area contributed by atoms with Crippen LogP contribution in [0.4, 0.5) is 13.2 Å². The van der Waals surface area contributed by atoms with Crippen LogP contribution in [0.2, 0.25) is 15.1 Å². The number of hydrogen-bond acceptors (Lipinski definition) is 15. The molecule has 3 aliphatic carbocycles. The number of aryl methyl sites for hydroxylation is 2. The molecule has 0 atom stereocenters. The molecule has 15 aromatic rings. The summed E-state index contributed by atoms with van der Waals surface area (Å²) < 4.78 is 57.7. The predicted octanol–water partition coefficient (Wildman–Crippen LogP) is 26.9. The molecule has 3 N–H and O–H groups in total. The van der Waals surface area contributed by atoms with E-state index in [1.54, 1.807) is 86.4 Å². The first-order valence-corrected chi connectivity index (χ1v) is 46.4. The Labute approximate surface area is 801 Å². The number of alkyl halides is 3. The zero-order valence-electron chi connectivity index (χ0n) is 77.1. The minimum absolute atomic E-state index is 0.00713. The molecule has 6 aromatic carbocycles. The molecule has 9 heterocycles. The zero-order chi connectivity index (χ0) is 96.6. The summed E-state index contributed by atoms with van der Waals surface area (Å²) in [7, 11) is 0. The maximum Gasteiger partial charge on any atom is 0.449 e. The minimum atomic E-state index is -4.66. The second-order valence-corrected chi connectivity index (χ2v) is 38.3. The summed E-state index contributed by atoms with van der Waals surface area (Å²) in [5, 5.41) is 30.9. The molecule has 0 unspecified atom stereocenters. The number of carbonyl (C=O) groups is 5. The van der Waals surface area contributed by atoms with Crippen molar-refractivity contribution in [2.45, 2.75) is 200 Å². The average molecular weight is 1890 g/mol. The van der Waals surface area contributed by atoms with Crippen molar-refractivity contribution in [3.05, 3.63) is 365 Å². The van der Waals surface area contributed by atoms with Crippen molar-refractivity contribution in [1.82, 2.24) is 44.6 Å². The number of carboxylic acids is 2.